The van der Waals surface area contributed by atoms with Crippen LogP contribution < -0.4 is 10.6 Å². The summed E-state index contributed by atoms with van der Waals surface area (Å²) in [5, 5.41) is 5.22. The lowest BCUT2D eigenvalue weighted by atomic mass is 9.91. The maximum atomic E-state index is 13.8. The SMILES string of the molecule is Cc1ccc(C2(C)NC(=O)N(CC(=O)NC(C)Cc3c(F)cccc3F)C2=O)cc1. The van der Waals surface area contributed by atoms with Crippen LogP contribution in [0.3, 0.4) is 0 Å². The summed E-state index contributed by atoms with van der Waals surface area (Å²) in [5.74, 6) is -2.53. The first kappa shape index (κ1) is 21.4. The molecule has 0 saturated carbocycles. The zero-order chi connectivity index (χ0) is 22.1. The molecule has 1 aliphatic heterocycles. The molecular formula is C22H23F2N3O3. The summed E-state index contributed by atoms with van der Waals surface area (Å²) in [6.07, 6.45) is -0.0640. The van der Waals surface area contributed by atoms with Gasteiger partial charge in [-0.15, -0.1) is 0 Å². The smallest absolute Gasteiger partial charge is 0.325 e. The first-order chi connectivity index (χ1) is 14.1. The van der Waals surface area contributed by atoms with Crippen molar-refractivity contribution in [2.45, 2.75) is 38.8 Å². The zero-order valence-electron chi connectivity index (χ0n) is 17.0. The summed E-state index contributed by atoms with van der Waals surface area (Å²) in [7, 11) is 0. The van der Waals surface area contributed by atoms with Crippen molar-refractivity contribution in [3.63, 3.8) is 0 Å². The lowest BCUT2D eigenvalue weighted by molar-refractivity contribution is -0.135. The second-order valence-electron chi connectivity index (χ2n) is 7.69. The van der Waals surface area contributed by atoms with Gasteiger partial charge in [-0.2, -0.15) is 0 Å². The fourth-order valence-electron chi connectivity index (χ4n) is 3.47. The minimum absolute atomic E-state index is 0.0640. The summed E-state index contributed by atoms with van der Waals surface area (Å²) in [6.45, 7) is 4.59. The van der Waals surface area contributed by atoms with Crippen molar-refractivity contribution in [1.29, 1.82) is 0 Å². The molecule has 158 valence electrons. The van der Waals surface area contributed by atoms with Gasteiger partial charge in [-0.25, -0.2) is 13.6 Å². The largest absolute Gasteiger partial charge is 0.352 e. The molecule has 2 atom stereocenters. The minimum Gasteiger partial charge on any atom is -0.352 e. The Hall–Kier alpha value is -3.29. The molecule has 1 heterocycles. The number of amides is 4. The second kappa shape index (κ2) is 8.22. The molecule has 3 rings (SSSR count). The minimum atomic E-state index is -1.27. The molecule has 2 N–H and O–H groups in total. The van der Waals surface area contributed by atoms with Crippen LogP contribution in [0.25, 0.3) is 0 Å². The standard InChI is InChI=1S/C22H23F2N3O3/c1-13-7-9-15(10-8-13)22(3)20(29)27(21(30)26-22)12-19(28)25-14(2)11-16-17(23)5-4-6-18(16)24/h4-10,14H,11-12H2,1-3H3,(H,25,28)(H,26,30). The Labute approximate surface area is 173 Å². The van der Waals surface area contributed by atoms with E-state index in [1.807, 2.05) is 19.1 Å². The fourth-order valence-corrected chi connectivity index (χ4v) is 3.47. The molecule has 0 aliphatic carbocycles. The Morgan fingerprint density at radius 2 is 1.73 bits per heavy atom. The highest BCUT2D eigenvalue weighted by Gasteiger charge is 2.49. The van der Waals surface area contributed by atoms with Gasteiger partial charge in [0.25, 0.3) is 5.91 Å². The Balaban J connectivity index is 1.65. The summed E-state index contributed by atoms with van der Waals surface area (Å²) in [6, 6.07) is 9.44. The van der Waals surface area contributed by atoms with Crippen LogP contribution in [0.5, 0.6) is 0 Å². The molecule has 1 aliphatic rings. The first-order valence-electron chi connectivity index (χ1n) is 9.55. The highest BCUT2D eigenvalue weighted by molar-refractivity contribution is 6.09. The molecule has 2 aromatic carbocycles. The van der Waals surface area contributed by atoms with Crippen LogP contribution in [-0.4, -0.2) is 35.3 Å². The molecule has 8 heteroatoms. The van der Waals surface area contributed by atoms with Crippen LogP contribution in [0.4, 0.5) is 13.6 Å². The molecule has 0 bridgehead atoms. The molecule has 30 heavy (non-hydrogen) atoms. The summed E-state index contributed by atoms with van der Waals surface area (Å²) >= 11 is 0. The van der Waals surface area contributed by atoms with Crippen molar-refractivity contribution < 1.29 is 23.2 Å². The van der Waals surface area contributed by atoms with Crippen molar-refractivity contribution in [2.24, 2.45) is 0 Å². The normalized spacial score (nSPS) is 19.6. The van der Waals surface area contributed by atoms with Crippen LogP contribution in [-0.2, 0) is 21.5 Å². The van der Waals surface area contributed by atoms with E-state index < -0.39 is 47.6 Å². The lowest BCUT2D eigenvalue weighted by Gasteiger charge is -2.22. The Morgan fingerprint density at radius 3 is 2.33 bits per heavy atom. The molecule has 2 aromatic rings. The van der Waals surface area contributed by atoms with Gasteiger partial charge in [0.15, 0.2) is 0 Å². The van der Waals surface area contributed by atoms with Gasteiger partial charge in [0.05, 0.1) is 0 Å². The van der Waals surface area contributed by atoms with Gasteiger partial charge in [0, 0.05) is 11.6 Å². The van der Waals surface area contributed by atoms with Crippen molar-refractivity contribution in [1.82, 2.24) is 15.5 Å². The van der Waals surface area contributed by atoms with E-state index in [1.54, 1.807) is 26.0 Å². The number of halogens is 2. The van der Waals surface area contributed by atoms with E-state index in [4.69, 9.17) is 0 Å². The van der Waals surface area contributed by atoms with E-state index >= 15 is 0 Å². The Morgan fingerprint density at radius 1 is 1.13 bits per heavy atom. The Bertz CT molecular complexity index is 973. The molecule has 6 nitrogen and oxygen atoms in total. The first-order valence-corrected chi connectivity index (χ1v) is 9.55. The van der Waals surface area contributed by atoms with Crippen LogP contribution in [0, 0.1) is 18.6 Å². The number of imide groups is 1. The number of benzene rings is 2. The van der Waals surface area contributed by atoms with E-state index in [1.165, 1.54) is 6.07 Å². The van der Waals surface area contributed by atoms with Crippen molar-refractivity contribution in [3.8, 4) is 0 Å². The van der Waals surface area contributed by atoms with E-state index in [-0.39, 0.29) is 12.0 Å². The molecule has 1 saturated heterocycles. The highest BCUT2D eigenvalue weighted by atomic mass is 19.1. The van der Waals surface area contributed by atoms with E-state index in [2.05, 4.69) is 10.6 Å². The number of nitrogens with one attached hydrogen (secondary N) is 2. The third-order valence-electron chi connectivity index (χ3n) is 5.18. The number of rotatable bonds is 6. The van der Waals surface area contributed by atoms with Gasteiger partial charge < -0.3 is 10.6 Å². The van der Waals surface area contributed by atoms with Gasteiger partial charge in [0.1, 0.15) is 23.7 Å². The second-order valence-corrected chi connectivity index (χ2v) is 7.69. The number of hydrogen-bond acceptors (Lipinski definition) is 3. The average Bonchev–Trinajstić information content (AvgIpc) is 2.89. The quantitative estimate of drug-likeness (QED) is 0.713. The molecular weight excluding hydrogens is 392 g/mol. The van der Waals surface area contributed by atoms with Crippen molar-refractivity contribution >= 4 is 17.8 Å². The van der Waals surface area contributed by atoms with Gasteiger partial charge in [0.2, 0.25) is 5.91 Å². The summed E-state index contributed by atoms with van der Waals surface area (Å²) in [4.78, 5) is 38.5. The highest BCUT2D eigenvalue weighted by Crippen LogP contribution is 2.28. The number of carbonyl (C=O) groups is 3. The van der Waals surface area contributed by atoms with Crippen molar-refractivity contribution in [3.05, 3.63) is 70.8 Å². The number of urea groups is 1. The van der Waals surface area contributed by atoms with Gasteiger partial charge >= 0.3 is 6.03 Å². The molecule has 0 aromatic heterocycles. The number of nitrogens with zero attached hydrogens (tertiary/aromatic N) is 1. The lowest BCUT2D eigenvalue weighted by Crippen LogP contribution is -2.45. The van der Waals surface area contributed by atoms with Crippen molar-refractivity contribution in [2.75, 3.05) is 6.54 Å². The molecule has 2 unspecified atom stereocenters. The van der Waals surface area contributed by atoms with E-state index in [0.717, 1.165) is 22.6 Å². The van der Waals surface area contributed by atoms with Crippen LogP contribution in [0.2, 0.25) is 0 Å². The fraction of sp³-hybridized carbons (Fsp3) is 0.318. The summed E-state index contributed by atoms with van der Waals surface area (Å²) in [5.41, 5.74) is 0.216. The monoisotopic (exact) mass is 415 g/mol. The third-order valence-corrected chi connectivity index (χ3v) is 5.18. The van der Waals surface area contributed by atoms with Gasteiger partial charge in [-0.1, -0.05) is 35.9 Å². The predicted molar refractivity (Wildman–Crippen MR) is 106 cm³/mol. The molecule has 0 radical (unpaired) electrons. The topological polar surface area (TPSA) is 78.5 Å². The van der Waals surface area contributed by atoms with Crippen LogP contribution >= 0.6 is 0 Å². The average molecular weight is 415 g/mol. The zero-order valence-corrected chi connectivity index (χ0v) is 17.0. The van der Waals surface area contributed by atoms with Crippen LogP contribution in [0.15, 0.2) is 42.5 Å². The molecule has 0 spiro atoms. The summed E-state index contributed by atoms with van der Waals surface area (Å²) < 4.78 is 27.6. The molecule has 1 fully saturated rings. The van der Waals surface area contributed by atoms with Gasteiger partial charge in [-0.05, 0) is 44.9 Å². The van der Waals surface area contributed by atoms with E-state index in [0.29, 0.717) is 5.56 Å². The van der Waals surface area contributed by atoms with Crippen LogP contribution in [0.1, 0.15) is 30.5 Å². The van der Waals surface area contributed by atoms with Gasteiger partial charge in [-0.3, -0.25) is 14.5 Å². The third kappa shape index (κ3) is 4.17. The number of hydrogen-bond donors (Lipinski definition) is 2. The van der Waals surface area contributed by atoms with E-state index in [9.17, 15) is 23.2 Å². The predicted octanol–water partition coefficient (Wildman–Crippen LogP) is 2.79. The Kier molecular flexibility index (Phi) is 5.87. The number of aryl methyl sites for hydroxylation is 1. The number of carbonyl (C=O) groups excluding carboxylic acids is 3. The maximum Gasteiger partial charge on any atom is 0.325 e. The maximum absolute atomic E-state index is 13.8. The molecule has 4 amide bonds.